The summed E-state index contributed by atoms with van der Waals surface area (Å²) in [5.74, 6) is 0. The van der Waals surface area contributed by atoms with Gasteiger partial charge in [0.15, 0.2) is 0 Å². The van der Waals surface area contributed by atoms with Crippen molar-refractivity contribution in [2.75, 3.05) is 32.7 Å². The van der Waals surface area contributed by atoms with Crippen LogP contribution in [0.25, 0.3) is 0 Å². The number of nitrogens with one attached hydrogen (secondary N) is 1. The maximum Gasteiger partial charge on any atom is 0.282 e. The lowest BCUT2D eigenvalue weighted by Gasteiger charge is -2.33. The van der Waals surface area contributed by atoms with Crippen LogP contribution >= 0.6 is 0 Å². The average Bonchev–Trinajstić information content (AvgIpc) is 2.45. The van der Waals surface area contributed by atoms with E-state index in [9.17, 15) is 8.42 Å². The summed E-state index contributed by atoms with van der Waals surface area (Å²) in [6, 6.07) is 0.309. The summed E-state index contributed by atoms with van der Waals surface area (Å²) in [6.07, 6.45) is 5.20. The van der Waals surface area contributed by atoms with Crippen LogP contribution in [0.5, 0.6) is 0 Å². The Morgan fingerprint density at radius 2 is 1.70 bits per heavy atom. The van der Waals surface area contributed by atoms with Crippen LogP contribution in [0.4, 0.5) is 0 Å². The molecule has 6 heteroatoms. The van der Waals surface area contributed by atoms with Gasteiger partial charge in [-0.2, -0.15) is 17.0 Å². The third kappa shape index (κ3) is 4.98. The molecule has 0 bridgehead atoms. The molecule has 1 N–H and O–H groups in total. The highest BCUT2D eigenvalue weighted by molar-refractivity contribution is 7.86. The molecule has 1 heterocycles. The van der Waals surface area contributed by atoms with E-state index in [-0.39, 0.29) is 0 Å². The molecule has 0 amide bonds. The Hall–Kier alpha value is -0.170. The van der Waals surface area contributed by atoms with E-state index in [4.69, 9.17) is 0 Å². The van der Waals surface area contributed by atoms with Crippen LogP contribution in [0.2, 0.25) is 0 Å². The second kappa shape index (κ2) is 8.97. The average molecular weight is 305 g/mol. The largest absolute Gasteiger partial charge is 0.313 e. The number of rotatable bonds is 9. The van der Waals surface area contributed by atoms with Gasteiger partial charge in [0, 0.05) is 32.2 Å². The van der Waals surface area contributed by atoms with Crippen LogP contribution in [0.1, 0.15) is 52.9 Å². The SMILES string of the molecule is CCCN(CCC)S(=O)(=O)N(CC)CC1CCCCN1. The molecule has 0 spiro atoms. The molecule has 0 aromatic rings. The summed E-state index contributed by atoms with van der Waals surface area (Å²) < 4.78 is 28.8. The van der Waals surface area contributed by atoms with Crippen molar-refractivity contribution in [3.05, 3.63) is 0 Å². The van der Waals surface area contributed by atoms with Gasteiger partial charge in [-0.05, 0) is 32.2 Å². The molecule has 1 unspecified atom stereocenters. The lowest BCUT2D eigenvalue weighted by Crippen LogP contribution is -2.50. The molecule has 1 rings (SSSR count). The van der Waals surface area contributed by atoms with Crippen molar-refractivity contribution in [3.63, 3.8) is 0 Å². The first-order chi connectivity index (χ1) is 9.56. The zero-order valence-corrected chi connectivity index (χ0v) is 14.1. The second-order valence-electron chi connectivity index (χ2n) is 5.50. The first-order valence-corrected chi connectivity index (χ1v) is 9.44. The van der Waals surface area contributed by atoms with Crippen LogP contribution in [-0.4, -0.2) is 55.8 Å². The Balaban J connectivity index is 2.72. The Morgan fingerprint density at radius 1 is 1.05 bits per heavy atom. The molecule has 20 heavy (non-hydrogen) atoms. The predicted molar refractivity (Wildman–Crippen MR) is 84.0 cm³/mol. The Labute approximate surface area is 124 Å². The molecule has 0 saturated carbocycles. The monoisotopic (exact) mass is 305 g/mol. The van der Waals surface area contributed by atoms with Crippen LogP contribution in [0.15, 0.2) is 0 Å². The second-order valence-corrected chi connectivity index (χ2v) is 7.43. The summed E-state index contributed by atoms with van der Waals surface area (Å²) in [7, 11) is -3.31. The van der Waals surface area contributed by atoms with Gasteiger partial charge in [0.25, 0.3) is 10.2 Å². The zero-order valence-electron chi connectivity index (χ0n) is 13.3. The minimum absolute atomic E-state index is 0.309. The van der Waals surface area contributed by atoms with Gasteiger partial charge in [-0.3, -0.25) is 0 Å². The molecule has 1 saturated heterocycles. The van der Waals surface area contributed by atoms with Gasteiger partial charge in [-0.15, -0.1) is 0 Å². The molecule has 5 nitrogen and oxygen atoms in total. The number of likely N-dealkylation sites (N-methyl/N-ethyl adjacent to an activating group) is 1. The van der Waals surface area contributed by atoms with Gasteiger partial charge in [-0.25, -0.2) is 0 Å². The van der Waals surface area contributed by atoms with Crippen molar-refractivity contribution in [1.29, 1.82) is 0 Å². The molecule has 0 aliphatic carbocycles. The van der Waals surface area contributed by atoms with Gasteiger partial charge in [0.2, 0.25) is 0 Å². The molecule has 1 aliphatic heterocycles. The first kappa shape index (κ1) is 17.9. The van der Waals surface area contributed by atoms with Crippen molar-refractivity contribution in [2.24, 2.45) is 0 Å². The summed E-state index contributed by atoms with van der Waals surface area (Å²) in [4.78, 5) is 0. The highest BCUT2D eigenvalue weighted by Crippen LogP contribution is 2.14. The van der Waals surface area contributed by atoms with E-state index in [2.05, 4.69) is 5.32 Å². The molecular weight excluding hydrogens is 274 g/mol. The van der Waals surface area contributed by atoms with E-state index < -0.39 is 10.2 Å². The highest BCUT2D eigenvalue weighted by Gasteiger charge is 2.29. The molecule has 120 valence electrons. The zero-order chi connectivity index (χ0) is 15.0. The molecule has 0 aromatic heterocycles. The minimum atomic E-state index is -3.31. The topological polar surface area (TPSA) is 52.7 Å². The standard InChI is InChI=1S/C14H31N3O2S/c1-4-11-17(12-5-2)20(18,19)16(6-3)13-14-9-7-8-10-15-14/h14-15H,4-13H2,1-3H3. The van der Waals surface area contributed by atoms with E-state index in [1.54, 1.807) is 8.61 Å². The van der Waals surface area contributed by atoms with Gasteiger partial charge >= 0.3 is 0 Å². The smallest absolute Gasteiger partial charge is 0.282 e. The van der Waals surface area contributed by atoms with Crippen molar-refractivity contribution in [1.82, 2.24) is 13.9 Å². The van der Waals surface area contributed by atoms with Gasteiger partial charge in [-0.1, -0.05) is 27.2 Å². The molecule has 1 aliphatic rings. The summed E-state index contributed by atoms with van der Waals surface area (Å²) in [5, 5.41) is 3.43. The third-order valence-corrected chi connectivity index (χ3v) is 5.87. The van der Waals surface area contributed by atoms with Crippen molar-refractivity contribution < 1.29 is 8.42 Å². The van der Waals surface area contributed by atoms with Crippen molar-refractivity contribution in [3.8, 4) is 0 Å². The Kier molecular flexibility index (Phi) is 8.02. The molecule has 1 fully saturated rings. The van der Waals surface area contributed by atoms with Crippen LogP contribution in [0.3, 0.4) is 0 Å². The molecule has 0 aromatic carbocycles. The fourth-order valence-electron chi connectivity index (χ4n) is 2.72. The predicted octanol–water partition coefficient (Wildman–Crippen LogP) is 1.82. The van der Waals surface area contributed by atoms with Crippen molar-refractivity contribution >= 4 is 10.2 Å². The molecular formula is C14H31N3O2S. The number of hydrogen-bond donors (Lipinski definition) is 1. The van der Waals surface area contributed by atoms with Crippen LogP contribution in [0, 0.1) is 0 Å². The summed E-state index contributed by atoms with van der Waals surface area (Å²) in [5.41, 5.74) is 0. The van der Waals surface area contributed by atoms with E-state index in [1.165, 1.54) is 12.8 Å². The van der Waals surface area contributed by atoms with Crippen LogP contribution in [-0.2, 0) is 10.2 Å². The van der Waals surface area contributed by atoms with Gasteiger partial charge in [0.05, 0.1) is 0 Å². The molecule has 0 radical (unpaired) electrons. The fourth-order valence-corrected chi connectivity index (χ4v) is 4.56. The van der Waals surface area contributed by atoms with Crippen molar-refractivity contribution in [2.45, 2.75) is 58.9 Å². The van der Waals surface area contributed by atoms with Crippen LogP contribution < -0.4 is 5.32 Å². The van der Waals surface area contributed by atoms with E-state index in [1.807, 2.05) is 20.8 Å². The number of nitrogens with zero attached hydrogens (tertiary/aromatic N) is 2. The number of hydrogen-bond acceptors (Lipinski definition) is 3. The first-order valence-electron chi connectivity index (χ1n) is 8.04. The third-order valence-electron chi connectivity index (χ3n) is 3.79. The highest BCUT2D eigenvalue weighted by atomic mass is 32.2. The Bertz CT molecular complexity index is 347. The lowest BCUT2D eigenvalue weighted by molar-refractivity contribution is 0.293. The summed E-state index contributed by atoms with van der Waals surface area (Å²) >= 11 is 0. The quantitative estimate of drug-likeness (QED) is 0.707. The van der Waals surface area contributed by atoms with Gasteiger partial charge < -0.3 is 5.32 Å². The fraction of sp³-hybridized carbons (Fsp3) is 1.00. The Morgan fingerprint density at radius 3 is 2.15 bits per heavy atom. The maximum atomic E-state index is 12.7. The van der Waals surface area contributed by atoms with E-state index in [0.29, 0.717) is 32.2 Å². The number of piperidine rings is 1. The maximum absolute atomic E-state index is 12.7. The lowest BCUT2D eigenvalue weighted by atomic mass is 10.1. The molecule has 1 atom stereocenters. The van der Waals surface area contributed by atoms with E-state index >= 15 is 0 Å². The normalized spacial score (nSPS) is 20.8. The summed E-state index contributed by atoms with van der Waals surface area (Å²) in [6.45, 7) is 9.36. The minimum Gasteiger partial charge on any atom is -0.313 e. The van der Waals surface area contributed by atoms with Gasteiger partial charge in [0.1, 0.15) is 0 Å². The van der Waals surface area contributed by atoms with E-state index in [0.717, 1.165) is 25.8 Å².